The molecule has 2 aliphatic rings. The molecule has 0 bridgehead atoms. The number of nitrogens with zero attached hydrogens (tertiary/aromatic N) is 2. The van der Waals surface area contributed by atoms with Gasteiger partial charge in [-0.05, 0) is 44.0 Å². The number of aryl methyl sites for hydroxylation is 1. The van der Waals surface area contributed by atoms with Gasteiger partial charge in [-0.3, -0.25) is 15.1 Å². The summed E-state index contributed by atoms with van der Waals surface area (Å²) in [6.07, 6.45) is 6.47. The Hall–Kier alpha value is -2.72. The number of carbonyl (C=O) groups excluding carboxylic acids is 1. The molecule has 0 spiro atoms. The van der Waals surface area contributed by atoms with E-state index in [0.717, 1.165) is 31.5 Å². The summed E-state index contributed by atoms with van der Waals surface area (Å²) in [4.78, 5) is 21.1. The van der Waals surface area contributed by atoms with Crippen molar-refractivity contribution in [1.29, 1.82) is 0 Å². The zero-order chi connectivity index (χ0) is 22.2. The van der Waals surface area contributed by atoms with Gasteiger partial charge < -0.3 is 26.2 Å². The van der Waals surface area contributed by atoms with Gasteiger partial charge in [-0.25, -0.2) is 4.98 Å². The van der Waals surface area contributed by atoms with Crippen LogP contribution in [0.3, 0.4) is 0 Å². The Morgan fingerprint density at radius 1 is 1.24 bits per heavy atom. The van der Waals surface area contributed by atoms with Crippen molar-refractivity contribution in [3.8, 4) is 5.75 Å². The number of hydrogen-bond donors (Lipinski definition) is 4. The van der Waals surface area contributed by atoms with Crippen molar-refractivity contribution in [3.05, 3.63) is 53.2 Å². The number of anilines is 1. The average Bonchev–Trinajstić information content (AvgIpc) is 2.72. The second kappa shape index (κ2) is 13.7. The third kappa shape index (κ3) is 7.68. The van der Waals surface area contributed by atoms with Crippen molar-refractivity contribution in [3.63, 3.8) is 0 Å². The van der Waals surface area contributed by atoms with Gasteiger partial charge >= 0.3 is 11.3 Å². The van der Waals surface area contributed by atoms with Gasteiger partial charge in [0, 0.05) is 25.2 Å². The van der Waals surface area contributed by atoms with Crippen LogP contribution in [0.4, 0.5) is 5.69 Å². The first kappa shape index (κ1) is 28.3. The maximum absolute atomic E-state index is 12.6. The van der Waals surface area contributed by atoms with E-state index in [1.54, 1.807) is 25.4 Å². The van der Waals surface area contributed by atoms with Crippen molar-refractivity contribution in [2.45, 2.75) is 45.9 Å². The summed E-state index contributed by atoms with van der Waals surface area (Å²) in [5, 5.41) is 12.9. The van der Waals surface area contributed by atoms with Gasteiger partial charge in [-0.15, -0.1) is 0 Å². The van der Waals surface area contributed by atoms with Gasteiger partial charge in [-0.1, -0.05) is 19.0 Å². The van der Waals surface area contributed by atoms with Crippen LogP contribution in [0.1, 0.15) is 41.9 Å². The van der Waals surface area contributed by atoms with Crippen molar-refractivity contribution in [2.75, 3.05) is 25.1 Å². The summed E-state index contributed by atoms with van der Waals surface area (Å²) >= 11 is 6.19. The Kier molecular flexibility index (Phi) is 11.8. The van der Waals surface area contributed by atoms with Crippen LogP contribution in [0.2, 0.25) is 5.15 Å². The third-order valence-electron chi connectivity index (χ3n) is 5.19. The molecule has 6 N–H and O–H groups in total. The normalized spacial score (nSPS) is 17.9. The quantitative estimate of drug-likeness (QED) is 0.194. The fourth-order valence-corrected chi connectivity index (χ4v) is 3.35. The molecule has 1 amide bonds. The van der Waals surface area contributed by atoms with Gasteiger partial charge in [0.25, 0.3) is 5.91 Å². The van der Waals surface area contributed by atoms with Crippen LogP contribution in [0.25, 0.3) is 0 Å². The van der Waals surface area contributed by atoms with E-state index < -0.39 is 0 Å². The summed E-state index contributed by atoms with van der Waals surface area (Å²) in [6.45, 7) is 8.53. The summed E-state index contributed by atoms with van der Waals surface area (Å²) in [5.41, 5.74) is 2.94. The minimum atomic E-state index is -0.228. The molecule has 4 rings (SSSR count). The molecule has 2 saturated heterocycles. The molecule has 33 heavy (non-hydrogen) atoms. The number of pyridine rings is 2. The molecule has 2 atom stereocenters. The number of aromatic nitrogens is 2. The molecule has 2 aromatic rings. The molecule has 4 heterocycles. The maximum atomic E-state index is 12.6. The van der Waals surface area contributed by atoms with Gasteiger partial charge in [0.2, 0.25) is 0 Å². The van der Waals surface area contributed by atoms with E-state index >= 15 is 0 Å². The first-order valence-electron chi connectivity index (χ1n) is 10.1. The molecule has 0 aromatic carbocycles. The molecule has 2 aromatic heterocycles. The number of carbonyl (C=O) groups is 1. The van der Waals surface area contributed by atoms with Crippen molar-refractivity contribution >= 4 is 23.2 Å². The molecule has 0 radical (unpaired) electrons. The van der Waals surface area contributed by atoms with E-state index in [9.17, 15) is 4.79 Å². The third-order valence-corrected chi connectivity index (χ3v) is 5.50. The summed E-state index contributed by atoms with van der Waals surface area (Å²) < 4.78 is 13.2. The molecule has 2 aliphatic heterocycles. The zero-order valence-corrected chi connectivity index (χ0v) is 18.5. The SMILES string of the molecule is C.Cc1ncc(OC2CCN2)cc1C(=O)NCNc1cc(CC2CCN2)cnc1Cl.O.[C-]#[O+]. The van der Waals surface area contributed by atoms with E-state index in [1.165, 1.54) is 6.42 Å². The van der Waals surface area contributed by atoms with Crippen LogP contribution in [-0.4, -0.2) is 53.4 Å². The standard InChI is InChI=1S/C20H25ClN6O2.CO.CH4.H2O/c1-12-16(8-15(10-24-12)29-18-3-5-23-18)20(28)27-11-26-17-7-13(9-25-19(17)21)6-14-2-4-22-14;1-2;;/h7-10,14,18,22-23,26H,2-6,11H2,1H3,(H,27,28);;1H4;1H2. The van der Waals surface area contributed by atoms with Crippen molar-refractivity contribution < 1.29 is 19.7 Å². The Bertz CT molecular complexity index is 934. The van der Waals surface area contributed by atoms with Gasteiger partial charge in [0.15, 0.2) is 11.4 Å². The van der Waals surface area contributed by atoms with Crippen LogP contribution in [-0.2, 0) is 11.1 Å². The number of halogens is 1. The fraction of sp³-hybridized carbons (Fsp3) is 0.455. The number of amides is 1. The predicted molar refractivity (Wildman–Crippen MR) is 126 cm³/mol. The molecular weight excluding hydrogens is 448 g/mol. The van der Waals surface area contributed by atoms with Crippen molar-refractivity contribution in [1.82, 2.24) is 25.9 Å². The minimum absolute atomic E-state index is 0. The van der Waals surface area contributed by atoms with Crippen LogP contribution in [0.15, 0.2) is 24.5 Å². The number of nitrogens with one attached hydrogen (secondary N) is 4. The van der Waals surface area contributed by atoms with Gasteiger partial charge in [0.1, 0.15) is 5.75 Å². The molecule has 0 aliphatic carbocycles. The number of ether oxygens (including phenoxy) is 1. The first-order valence-corrected chi connectivity index (χ1v) is 10.4. The van der Waals surface area contributed by atoms with E-state index in [4.69, 9.17) is 21.0 Å². The van der Waals surface area contributed by atoms with Gasteiger partial charge in [-0.2, -0.15) is 0 Å². The first-order chi connectivity index (χ1) is 15.1. The number of hydrogen-bond acceptors (Lipinski definition) is 7. The second-order valence-electron chi connectivity index (χ2n) is 7.34. The Morgan fingerprint density at radius 2 is 1.94 bits per heavy atom. The van der Waals surface area contributed by atoms with E-state index in [-0.39, 0.29) is 31.7 Å². The Morgan fingerprint density at radius 3 is 2.55 bits per heavy atom. The fourth-order valence-electron chi connectivity index (χ4n) is 3.18. The summed E-state index contributed by atoms with van der Waals surface area (Å²) in [5.74, 6) is 0.351. The molecule has 10 nitrogen and oxygen atoms in total. The average molecular weight is 479 g/mol. The predicted octanol–water partition coefficient (Wildman–Crippen LogP) is 1.61. The second-order valence-corrected chi connectivity index (χ2v) is 7.70. The molecule has 2 fully saturated rings. The Labute approximate surface area is 198 Å². The topological polar surface area (TPSA) is 152 Å². The monoisotopic (exact) mass is 478 g/mol. The molecular formula is C22H31ClN6O4. The van der Waals surface area contributed by atoms with Crippen LogP contribution in [0, 0.1) is 13.6 Å². The Balaban J connectivity index is 0.00000133. The van der Waals surface area contributed by atoms with Crippen molar-refractivity contribution in [2.24, 2.45) is 0 Å². The molecule has 180 valence electrons. The van der Waals surface area contributed by atoms with Crippen LogP contribution < -0.4 is 26.0 Å². The molecule has 0 saturated carbocycles. The van der Waals surface area contributed by atoms with Gasteiger partial charge in [0.05, 0.1) is 29.8 Å². The van der Waals surface area contributed by atoms with Crippen LogP contribution >= 0.6 is 11.6 Å². The van der Waals surface area contributed by atoms with E-state index in [2.05, 4.69) is 37.9 Å². The summed E-state index contributed by atoms with van der Waals surface area (Å²) in [6, 6.07) is 4.21. The van der Waals surface area contributed by atoms with E-state index in [1.807, 2.05) is 6.07 Å². The van der Waals surface area contributed by atoms with Crippen LogP contribution in [0.5, 0.6) is 5.75 Å². The summed E-state index contributed by atoms with van der Waals surface area (Å²) in [7, 11) is 0. The molecule has 11 heteroatoms. The number of rotatable bonds is 8. The zero-order valence-electron chi connectivity index (χ0n) is 17.7. The molecule has 2 unspecified atom stereocenters. The van der Waals surface area contributed by atoms with E-state index in [0.29, 0.717) is 33.9 Å².